The zero-order chi connectivity index (χ0) is 27.7. The fraction of sp³-hybridized carbons (Fsp3) is 0.480. The summed E-state index contributed by atoms with van der Waals surface area (Å²) in [6.07, 6.45) is 1.71. The molecule has 1 aromatic carbocycles. The lowest BCUT2D eigenvalue weighted by molar-refractivity contribution is -0.142. The lowest BCUT2D eigenvalue weighted by Crippen LogP contribution is -2.56. The molecule has 4 amide bonds. The monoisotopic (exact) mass is 516 g/mol. The number of aromatic amines is 1. The van der Waals surface area contributed by atoms with Crippen molar-refractivity contribution >= 4 is 40.5 Å². The second-order valence-electron chi connectivity index (χ2n) is 9.50. The molecule has 37 heavy (non-hydrogen) atoms. The number of nitrogens with two attached hydrogens (primary N) is 2. The molecule has 2 aromatic rings. The quantitative estimate of drug-likeness (QED) is 0.181. The van der Waals surface area contributed by atoms with Gasteiger partial charge in [-0.1, -0.05) is 32.0 Å². The van der Waals surface area contributed by atoms with Crippen LogP contribution in [-0.4, -0.2) is 63.9 Å². The second kappa shape index (κ2) is 13.4. The Morgan fingerprint density at radius 1 is 0.946 bits per heavy atom. The highest BCUT2D eigenvalue weighted by molar-refractivity contribution is 5.94. The topological polar surface area (TPSA) is 209 Å². The number of carbonyl (C=O) groups is 5. The third kappa shape index (κ3) is 8.90. The third-order valence-corrected chi connectivity index (χ3v) is 5.84. The molecule has 2 rings (SSSR count). The van der Waals surface area contributed by atoms with Crippen LogP contribution in [0, 0.1) is 5.92 Å². The maximum atomic E-state index is 13.0. The molecule has 9 N–H and O–H groups in total. The highest BCUT2D eigenvalue weighted by Crippen LogP contribution is 2.19. The lowest BCUT2D eigenvalue weighted by Gasteiger charge is -2.24. The van der Waals surface area contributed by atoms with E-state index in [4.69, 9.17) is 11.5 Å². The number of benzene rings is 1. The summed E-state index contributed by atoms with van der Waals surface area (Å²) in [5, 5.41) is 18.0. The predicted molar refractivity (Wildman–Crippen MR) is 137 cm³/mol. The number of rotatable bonds is 14. The molecule has 12 heteroatoms. The number of amides is 4. The van der Waals surface area contributed by atoms with Gasteiger partial charge in [0.2, 0.25) is 23.6 Å². The molecule has 0 radical (unpaired) electrons. The molecule has 202 valence electrons. The van der Waals surface area contributed by atoms with Crippen LogP contribution in [0.25, 0.3) is 10.9 Å². The minimum Gasteiger partial charge on any atom is -0.480 e. The number of fused-ring (bicyclic) bond motifs is 1. The zero-order valence-electron chi connectivity index (χ0n) is 21.2. The Balaban J connectivity index is 2.10. The molecule has 0 spiro atoms. The van der Waals surface area contributed by atoms with E-state index in [9.17, 15) is 29.1 Å². The average molecular weight is 517 g/mol. The van der Waals surface area contributed by atoms with Crippen LogP contribution < -0.4 is 27.4 Å². The van der Waals surface area contributed by atoms with E-state index in [-0.39, 0.29) is 25.2 Å². The van der Waals surface area contributed by atoms with Crippen LogP contribution in [0.2, 0.25) is 0 Å². The van der Waals surface area contributed by atoms with Crippen LogP contribution in [0.3, 0.4) is 0 Å². The van der Waals surface area contributed by atoms with Gasteiger partial charge in [0, 0.05) is 29.9 Å². The van der Waals surface area contributed by atoms with Crippen LogP contribution in [0.5, 0.6) is 0 Å². The Morgan fingerprint density at radius 2 is 1.59 bits per heavy atom. The minimum absolute atomic E-state index is 0.0121. The predicted octanol–water partition coefficient (Wildman–Crippen LogP) is -0.0918. The molecular formula is C25H36N6O6. The number of nitrogens with one attached hydrogen (secondary N) is 4. The molecule has 0 aliphatic carbocycles. The van der Waals surface area contributed by atoms with Gasteiger partial charge in [0.15, 0.2) is 0 Å². The van der Waals surface area contributed by atoms with E-state index >= 15 is 0 Å². The van der Waals surface area contributed by atoms with Gasteiger partial charge in [-0.25, -0.2) is 4.79 Å². The summed E-state index contributed by atoms with van der Waals surface area (Å²) in [6, 6.07) is 2.95. The van der Waals surface area contributed by atoms with Gasteiger partial charge < -0.3 is 37.5 Å². The smallest absolute Gasteiger partial charge is 0.326 e. The van der Waals surface area contributed by atoms with Crippen molar-refractivity contribution in [2.75, 3.05) is 0 Å². The van der Waals surface area contributed by atoms with Gasteiger partial charge in [0.1, 0.15) is 18.1 Å². The standard InChI is InChI=1S/C25H36N6O6/c1-13(2)10-17(26)23(34)29-14(3)22(33)30-19(8-9-21(27)32)24(35)31-20(25(36)37)11-15-12-28-18-7-5-4-6-16(15)18/h4-7,12-14,17,19-20,28H,8-11,26H2,1-3H3,(H2,27,32)(H,29,34)(H,30,33)(H,31,35)(H,36,37). The van der Waals surface area contributed by atoms with Gasteiger partial charge in [-0.15, -0.1) is 0 Å². The Kier molecular flexibility index (Phi) is 10.6. The number of aromatic nitrogens is 1. The molecule has 1 heterocycles. The van der Waals surface area contributed by atoms with Crippen LogP contribution in [0.4, 0.5) is 0 Å². The van der Waals surface area contributed by atoms with Crippen LogP contribution >= 0.6 is 0 Å². The number of para-hydroxylation sites is 1. The third-order valence-electron chi connectivity index (χ3n) is 5.84. The van der Waals surface area contributed by atoms with E-state index in [1.165, 1.54) is 6.92 Å². The Hall–Kier alpha value is -3.93. The van der Waals surface area contributed by atoms with E-state index in [1.54, 1.807) is 6.20 Å². The lowest BCUT2D eigenvalue weighted by atomic mass is 10.0. The van der Waals surface area contributed by atoms with E-state index < -0.39 is 53.8 Å². The maximum absolute atomic E-state index is 13.0. The van der Waals surface area contributed by atoms with Gasteiger partial charge in [-0.05, 0) is 37.3 Å². The molecule has 0 fully saturated rings. The Morgan fingerprint density at radius 3 is 2.22 bits per heavy atom. The number of H-pyrrole nitrogens is 1. The molecule has 4 atom stereocenters. The first-order valence-electron chi connectivity index (χ1n) is 12.1. The van der Waals surface area contributed by atoms with Crippen molar-refractivity contribution in [2.24, 2.45) is 17.4 Å². The number of carboxylic acids is 1. The number of carbonyl (C=O) groups excluding carboxylic acids is 4. The molecule has 0 saturated carbocycles. The van der Waals surface area contributed by atoms with Gasteiger partial charge >= 0.3 is 5.97 Å². The molecule has 0 aliphatic rings. The van der Waals surface area contributed by atoms with E-state index in [0.29, 0.717) is 12.0 Å². The summed E-state index contributed by atoms with van der Waals surface area (Å²) in [5.74, 6) is -3.78. The van der Waals surface area contributed by atoms with Gasteiger partial charge in [0.25, 0.3) is 0 Å². The van der Waals surface area contributed by atoms with E-state index in [1.807, 2.05) is 38.1 Å². The molecule has 0 aliphatic heterocycles. The normalized spacial score (nSPS) is 14.4. The second-order valence-corrected chi connectivity index (χ2v) is 9.50. The summed E-state index contributed by atoms with van der Waals surface area (Å²) in [4.78, 5) is 64.3. The first-order valence-corrected chi connectivity index (χ1v) is 12.1. The van der Waals surface area contributed by atoms with Gasteiger partial charge in [0.05, 0.1) is 6.04 Å². The van der Waals surface area contributed by atoms with Gasteiger partial charge in [-0.2, -0.15) is 0 Å². The van der Waals surface area contributed by atoms with Gasteiger partial charge in [-0.3, -0.25) is 19.2 Å². The summed E-state index contributed by atoms with van der Waals surface area (Å²) in [7, 11) is 0. The van der Waals surface area contributed by atoms with Crippen molar-refractivity contribution in [1.29, 1.82) is 0 Å². The Labute approximate surface area is 214 Å². The molecule has 4 unspecified atom stereocenters. The van der Waals surface area contributed by atoms with Crippen LogP contribution in [0.15, 0.2) is 30.5 Å². The van der Waals surface area contributed by atoms with Crippen molar-refractivity contribution in [3.05, 3.63) is 36.0 Å². The number of carboxylic acid groups (broad SMARTS) is 1. The van der Waals surface area contributed by atoms with E-state index in [2.05, 4.69) is 20.9 Å². The summed E-state index contributed by atoms with van der Waals surface area (Å²) in [5.41, 5.74) is 12.6. The highest BCUT2D eigenvalue weighted by Gasteiger charge is 2.29. The number of primary amides is 1. The molecular weight excluding hydrogens is 480 g/mol. The van der Waals surface area contributed by atoms with Crippen molar-refractivity contribution in [3.8, 4) is 0 Å². The van der Waals surface area contributed by atoms with Crippen molar-refractivity contribution in [2.45, 2.75) is 70.6 Å². The molecule has 0 bridgehead atoms. The molecule has 0 saturated heterocycles. The highest BCUT2D eigenvalue weighted by atomic mass is 16.4. The Bertz CT molecular complexity index is 1130. The summed E-state index contributed by atoms with van der Waals surface area (Å²) < 4.78 is 0. The fourth-order valence-electron chi connectivity index (χ4n) is 3.85. The minimum atomic E-state index is -1.30. The first kappa shape index (κ1) is 29.3. The number of hydrogen-bond acceptors (Lipinski definition) is 6. The van der Waals surface area contributed by atoms with Crippen molar-refractivity contribution < 1.29 is 29.1 Å². The zero-order valence-corrected chi connectivity index (χ0v) is 21.2. The first-order chi connectivity index (χ1) is 17.4. The summed E-state index contributed by atoms with van der Waals surface area (Å²) >= 11 is 0. The number of aliphatic carboxylic acids is 1. The number of hydrogen-bond donors (Lipinski definition) is 7. The summed E-state index contributed by atoms with van der Waals surface area (Å²) in [6.45, 7) is 5.25. The SMILES string of the molecule is CC(C)CC(N)C(=O)NC(C)C(=O)NC(CCC(N)=O)C(=O)NC(Cc1c[nH]c2ccccc12)C(=O)O. The van der Waals surface area contributed by atoms with Crippen LogP contribution in [0.1, 0.15) is 45.6 Å². The van der Waals surface area contributed by atoms with Crippen molar-refractivity contribution in [3.63, 3.8) is 0 Å². The molecule has 12 nitrogen and oxygen atoms in total. The average Bonchev–Trinajstić information content (AvgIpc) is 3.23. The van der Waals surface area contributed by atoms with Crippen LogP contribution in [-0.2, 0) is 30.4 Å². The fourth-order valence-corrected chi connectivity index (χ4v) is 3.85. The van der Waals surface area contributed by atoms with E-state index in [0.717, 1.165) is 10.9 Å². The molecule has 1 aromatic heterocycles. The maximum Gasteiger partial charge on any atom is 0.326 e. The largest absolute Gasteiger partial charge is 0.480 e. The van der Waals surface area contributed by atoms with Crippen molar-refractivity contribution in [1.82, 2.24) is 20.9 Å².